The minimum absolute atomic E-state index is 0.173. The SMILES string of the molecule is CN(C(=O)CN1C(=O)COc2cc(Cl)c(Cl)cc21)C(CN1CCOCC1)c1cccc(-c2cccc(C#N)c2)c1. The number of likely N-dealkylation sites (N-methyl/N-ethyl adjacent to an activating group) is 1. The summed E-state index contributed by atoms with van der Waals surface area (Å²) in [6.45, 7) is 3.02. The number of amides is 2. The van der Waals surface area contributed by atoms with E-state index in [0.29, 0.717) is 41.8 Å². The van der Waals surface area contributed by atoms with E-state index in [-0.39, 0.29) is 36.0 Å². The molecule has 5 rings (SSSR count). The Morgan fingerprint density at radius 2 is 1.75 bits per heavy atom. The third kappa shape index (κ3) is 6.08. The van der Waals surface area contributed by atoms with E-state index in [1.54, 1.807) is 30.1 Å². The van der Waals surface area contributed by atoms with Crippen LogP contribution in [0, 0.1) is 11.3 Å². The first-order valence-electron chi connectivity index (χ1n) is 12.9. The summed E-state index contributed by atoms with van der Waals surface area (Å²) in [6, 6.07) is 20.5. The second-order valence-electron chi connectivity index (χ2n) is 9.75. The number of nitrogens with zero attached hydrogens (tertiary/aromatic N) is 4. The number of fused-ring (bicyclic) bond motifs is 1. The van der Waals surface area contributed by atoms with Crippen molar-refractivity contribution in [3.63, 3.8) is 0 Å². The lowest BCUT2D eigenvalue weighted by atomic mass is 9.97. The van der Waals surface area contributed by atoms with Gasteiger partial charge in [-0.05, 0) is 41.0 Å². The molecule has 0 saturated carbocycles. The molecule has 0 radical (unpaired) electrons. The van der Waals surface area contributed by atoms with Crippen LogP contribution in [0.3, 0.4) is 0 Å². The normalized spacial score (nSPS) is 16.1. The maximum Gasteiger partial charge on any atom is 0.265 e. The number of halogens is 2. The minimum atomic E-state index is -0.336. The molecule has 1 saturated heterocycles. The molecule has 2 heterocycles. The molecular weight excluding hydrogens is 551 g/mol. The molecule has 0 aliphatic carbocycles. The van der Waals surface area contributed by atoms with E-state index < -0.39 is 0 Å². The lowest BCUT2D eigenvalue weighted by Crippen LogP contribution is -2.48. The van der Waals surface area contributed by atoms with Crippen LogP contribution in [0.5, 0.6) is 5.75 Å². The average molecular weight is 579 g/mol. The molecule has 2 amide bonds. The van der Waals surface area contributed by atoms with Crippen molar-refractivity contribution >= 4 is 40.7 Å². The van der Waals surface area contributed by atoms with Crippen molar-refractivity contribution in [3.8, 4) is 22.9 Å². The maximum absolute atomic E-state index is 13.8. The molecule has 0 aromatic heterocycles. The van der Waals surface area contributed by atoms with E-state index in [9.17, 15) is 14.9 Å². The fourth-order valence-corrected chi connectivity index (χ4v) is 5.28. The van der Waals surface area contributed by atoms with Crippen molar-refractivity contribution in [1.82, 2.24) is 9.80 Å². The Hall–Kier alpha value is -3.61. The molecule has 40 heavy (non-hydrogen) atoms. The van der Waals surface area contributed by atoms with Crippen molar-refractivity contribution in [3.05, 3.63) is 81.8 Å². The Bertz CT molecular complexity index is 1470. The number of carbonyl (C=O) groups excluding carboxylic acids is 2. The number of carbonyl (C=O) groups is 2. The van der Waals surface area contributed by atoms with E-state index in [0.717, 1.165) is 29.8 Å². The van der Waals surface area contributed by atoms with Gasteiger partial charge < -0.3 is 14.4 Å². The highest BCUT2D eigenvalue weighted by Gasteiger charge is 2.32. The van der Waals surface area contributed by atoms with Crippen LogP contribution in [-0.4, -0.2) is 74.7 Å². The molecule has 0 bridgehead atoms. The molecular formula is C30H28Cl2N4O4. The van der Waals surface area contributed by atoms with Gasteiger partial charge in [0.15, 0.2) is 6.61 Å². The van der Waals surface area contributed by atoms with Crippen LogP contribution in [0.15, 0.2) is 60.7 Å². The summed E-state index contributed by atoms with van der Waals surface area (Å²) < 4.78 is 11.1. The molecule has 2 aliphatic heterocycles. The molecule has 1 fully saturated rings. The van der Waals surface area contributed by atoms with E-state index in [1.807, 2.05) is 36.4 Å². The number of benzene rings is 3. The second kappa shape index (κ2) is 12.3. The molecule has 1 unspecified atom stereocenters. The van der Waals surface area contributed by atoms with Gasteiger partial charge in [-0.1, -0.05) is 53.5 Å². The molecule has 2 aliphatic rings. The fourth-order valence-electron chi connectivity index (χ4n) is 4.96. The van der Waals surface area contributed by atoms with E-state index in [4.69, 9.17) is 32.7 Å². The second-order valence-corrected chi connectivity index (χ2v) is 10.6. The highest BCUT2D eigenvalue weighted by molar-refractivity contribution is 6.42. The number of nitriles is 1. The largest absolute Gasteiger partial charge is 0.482 e. The van der Waals surface area contributed by atoms with Crippen molar-refractivity contribution in [1.29, 1.82) is 5.26 Å². The van der Waals surface area contributed by atoms with Crippen LogP contribution in [-0.2, 0) is 14.3 Å². The highest BCUT2D eigenvalue weighted by Crippen LogP contribution is 2.39. The van der Waals surface area contributed by atoms with E-state index in [2.05, 4.69) is 17.0 Å². The van der Waals surface area contributed by atoms with Crippen molar-refractivity contribution in [2.75, 3.05) is 57.9 Å². The molecule has 1 atom stereocenters. The van der Waals surface area contributed by atoms with Gasteiger partial charge in [-0.3, -0.25) is 19.4 Å². The van der Waals surface area contributed by atoms with Gasteiger partial charge >= 0.3 is 0 Å². The smallest absolute Gasteiger partial charge is 0.265 e. The van der Waals surface area contributed by atoms with E-state index in [1.165, 1.54) is 4.90 Å². The zero-order valence-electron chi connectivity index (χ0n) is 22.0. The van der Waals surface area contributed by atoms with Crippen LogP contribution in [0.4, 0.5) is 5.69 Å². The zero-order valence-corrected chi connectivity index (χ0v) is 23.5. The summed E-state index contributed by atoms with van der Waals surface area (Å²) in [7, 11) is 1.76. The topological polar surface area (TPSA) is 86.1 Å². The van der Waals surface area contributed by atoms with Gasteiger partial charge in [0.2, 0.25) is 5.91 Å². The number of ether oxygens (including phenoxy) is 2. The maximum atomic E-state index is 13.8. The monoisotopic (exact) mass is 578 g/mol. The number of morpholine rings is 1. The lowest BCUT2D eigenvalue weighted by Gasteiger charge is -2.37. The molecule has 3 aromatic carbocycles. The zero-order chi connectivity index (χ0) is 28.2. The van der Waals surface area contributed by atoms with Crippen molar-refractivity contribution < 1.29 is 19.1 Å². The molecule has 0 N–H and O–H groups in total. The standard InChI is InChI=1S/C30H28Cl2N4O4/c1-34(29(37)18-36-26-14-24(31)25(32)15-28(26)40-19-30(36)38)27(17-35-8-10-39-11-9-35)23-7-3-6-22(13-23)21-5-2-4-20(12-21)16-33/h2-7,12-15,27H,8-11,17-19H2,1H3. The van der Waals surface area contributed by atoms with Crippen LogP contribution < -0.4 is 9.64 Å². The van der Waals surface area contributed by atoms with Crippen LogP contribution >= 0.6 is 23.2 Å². The summed E-state index contributed by atoms with van der Waals surface area (Å²) in [6.07, 6.45) is 0. The van der Waals surface area contributed by atoms with Gasteiger partial charge in [0.25, 0.3) is 5.91 Å². The Balaban J connectivity index is 1.44. The summed E-state index contributed by atoms with van der Waals surface area (Å²) in [5.41, 5.74) is 3.82. The van der Waals surface area contributed by atoms with Gasteiger partial charge in [-0.15, -0.1) is 0 Å². The Morgan fingerprint density at radius 3 is 2.50 bits per heavy atom. The molecule has 10 heteroatoms. The molecule has 0 spiro atoms. The summed E-state index contributed by atoms with van der Waals surface area (Å²) >= 11 is 12.4. The van der Waals surface area contributed by atoms with Gasteiger partial charge in [0.05, 0.1) is 46.6 Å². The summed E-state index contributed by atoms with van der Waals surface area (Å²) in [5.74, 6) is -0.166. The number of hydrogen-bond acceptors (Lipinski definition) is 6. The quantitative estimate of drug-likeness (QED) is 0.400. The van der Waals surface area contributed by atoms with Crippen molar-refractivity contribution in [2.45, 2.75) is 6.04 Å². The van der Waals surface area contributed by atoms with Gasteiger partial charge in [0.1, 0.15) is 12.3 Å². The Morgan fingerprint density at radius 1 is 1.05 bits per heavy atom. The number of hydrogen-bond donors (Lipinski definition) is 0. The third-order valence-corrected chi connectivity index (χ3v) is 7.95. The van der Waals surface area contributed by atoms with Gasteiger partial charge in [0, 0.05) is 32.7 Å². The third-order valence-electron chi connectivity index (χ3n) is 7.23. The molecule has 206 valence electrons. The fraction of sp³-hybridized carbons (Fsp3) is 0.300. The Kier molecular flexibility index (Phi) is 8.57. The number of rotatable bonds is 7. The van der Waals surface area contributed by atoms with E-state index >= 15 is 0 Å². The first-order chi connectivity index (χ1) is 19.3. The molecule has 3 aromatic rings. The van der Waals surface area contributed by atoms with Crippen LogP contribution in [0.2, 0.25) is 10.0 Å². The lowest BCUT2D eigenvalue weighted by molar-refractivity contribution is -0.133. The average Bonchev–Trinajstić information content (AvgIpc) is 2.98. The summed E-state index contributed by atoms with van der Waals surface area (Å²) in [5, 5.41) is 9.93. The number of anilines is 1. The predicted molar refractivity (Wildman–Crippen MR) is 154 cm³/mol. The highest BCUT2D eigenvalue weighted by atomic mass is 35.5. The summed E-state index contributed by atoms with van der Waals surface area (Å²) in [4.78, 5) is 32.0. The van der Waals surface area contributed by atoms with Crippen LogP contribution in [0.25, 0.3) is 11.1 Å². The Labute approximate surface area is 243 Å². The predicted octanol–water partition coefficient (Wildman–Crippen LogP) is 4.79. The minimum Gasteiger partial charge on any atom is -0.482 e. The first-order valence-corrected chi connectivity index (χ1v) is 13.7. The first kappa shape index (κ1) is 27.9. The van der Waals surface area contributed by atoms with Crippen molar-refractivity contribution in [2.24, 2.45) is 0 Å². The van der Waals surface area contributed by atoms with Gasteiger partial charge in [-0.2, -0.15) is 5.26 Å². The van der Waals surface area contributed by atoms with Gasteiger partial charge in [-0.25, -0.2) is 0 Å². The van der Waals surface area contributed by atoms with Crippen LogP contribution in [0.1, 0.15) is 17.2 Å². The molecule has 8 nitrogen and oxygen atoms in total.